The molecule has 4 nitrogen and oxygen atoms in total. The maximum Gasteiger partial charge on any atom is 0.225 e. The highest BCUT2D eigenvalue weighted by atomic mass is 19.1. The van der Waals surface area contributed by atoms with Gasteiger partial charge in [-0.25, -0.2) is 18.2 Å². The zero-order valence-corrected chi connectivity index (χ0v) is 13.8. The molecule has 0 spiro atoms. The van der Waals surface area contributed by atoms with Crippen molar-refractivity contribution < 1.29 is 13.2 Å². The minimum atomic E-state index is -1.01. The summed E-state index contributed by atoms with van der Waals surface area (Å²) in [5, 5.41) is 5.77. The molecule has 1 heterocycles. The van der Waals surface area contributed by atoms with E-state index >= 15 is 0 Å². The summed E-state index contributed by atoms with van der Waals surface area (Å²) < 4.78 is 40.7. The Balaban J connectivity index is 1.95. The van der Waals surface area contributed by atoms with Crippen molar-refractivity contribution in [1.29, 1.82) is 0 Å². The molecule has 7 heteroatoms. The maximum atomic E-state index is 13.8. The largest absolute Gasteiger partial charge is 0.350 e. The molecule has 128 valence electrons. The van der Waals surface area contributed by atoms with Crippen molar-refractivity contribution in [1.82, 2.24) is 9.97 Å². The van der Waals surface area contributed by atoms with E-state index in [0.29, 0.717) is 24.0 Å². The number of benzene rings is 1. The molecule has 3 rings (SSSR count). The van der Waals surface area contributed by atoms with Gasteiger partial charge >= 0.3 is 0 Å². The smallest absolute Gasteiger partial charge is 0.225 e. The summed E-state index contributed by atoms with van der Waals surface area (Å²) in [7, 11) is 0. The first-order valence-electron chi connectivity index (χ1n) is 7.80. The molecule has 0 atom stereocenters. The summed E-state index contributed by atoms with van der Waals surface area (Å²) in [6.45, 7) is 5.89. The Morgan fingerprint density at radius 1 is 1.00 bits per heavy atom. The van der Waals surface area contributed by atoms with Crippen molar-refractivity contribution in [3.8, 4) is 0 Å². The highest BCUT2D eigenvalue weighted by molar-refractivity contribution is 5.59. The van der Waals surface area contributed by atoms with Crippen molar-refractivity contribution >= 4 is 17.5 Å². The Labute approximate surface area is 138 Å². The van der Waals surface area contributed by atoms with Crippen LogP contribution in [0.15, 0.2) is 18.2 Å². The zero-order chi connectivity index (χ0) is 17.5. The van der Waals surface area contributed by atoms with E-state index in [1.165, 1.54) is 0 Å². The second-order valence-corrected chi connectivity index (χ2v) is 7.02. The molecule has 1 aliphatic carbocycles. The monoisotopic (exact) mass is 336 g/mol. The lowest BCUT2D eigenvalue weighted by Crippen LogP contribution is -2.27. The van der Waals surface area contributed by atoms with E-state index in [9.17, 15) is 13.2 Å². The molecule has 2 N–H and O–H groups in total. The standard InChI is InChI=1S/C17H19F3N4/c1-17(2,3)24-16-21-13(9-4-5-9)8-14(23-16)22-15-11(19)6-10(18)7-12(15)20/h6-9H,4-5H2,1-3H3,(H2,21,22,23,24). The quantitative estimate of drug-likeness (QED) is 0.848. The van der Waals surface area contributed by atoms with E-state index in [4.69, 9.17) is 0 Å². The van der Waals surface area contributed by atoms with Crippen molar-refractivity contribution in [2.24, 2.45) is 0 Å². The molecule has 0 saturated heterocycles. The zero-order valence-electron chi connectivity index (χ0n) is 13.8. The van der Waals surface area contributed by atoms with Crippen LogP contribution in [0.4, 0.5) is 30.6 Å². The number of hydrogen-bond donors (Lipinski definition) is 2. The molecule has 0 bridgehead atoms. The van der Waals surface area contributed by atoms with Crippen LogP contribution in [0.3, 0.4) is 0 Å². The van der Waals surface area contributed by atoms with E-state index in [1.54, 1.807) is 6.07 Å². The second-order valence-electron chi connectivity index (χ2n) is 7.02. The van der Waals surface area contributed by atoms with Crippen LogP contribution in [0.1, 0.15) is 45.2 Å². The number of anilines is 3. The Morgan fingerprint density at radius 2 is 1.62 bits per heavy atom. The Morgan fingerprint density at radius 3 is 2.17 bits per heavy atom. The molecule has 0 unspecified atom stereocenters. The average molecular weight is 336 g/mol. The highest BCUT2D eigenvalue weighted by Crippen LogP contribution is 2.40. The Kier molecular flexibility index (Phi) is 4.11. The minimum Gasteiger partial charge on any atom is -0.350 e. The number of nitrogens with zero attached hydrogens (tertiary/aromatic N) is 2. The Bertz CT molecular complexity index is 744. The van der Waals surface area contributed by atoms with E-state index in [1.807, 2.05) is 20.8 Å². The van der Waals surface area contributed by atoms with Crippen LogP contribution in [-0.2, 0) is 0 Å². The van der Waals surface area contributed by atoms with Gasteiger partial charge in [0.05, 0.1) is 5.69 Å². The van der Waals surface area contributed by atoms with Gasteiger partial charge in [-0.1, -0.05) is 0 Å². The fourth-order valence-corrected chi connectivity index (χ4v) is 2.30. The first-order valence-corrected chi connectivity index (χ1v) is 7.80. The molecular formula is C17H19F3N4. The lowest BCUT2D eigenvalue weighted by atomic mass is 10.1. The average Bonchev–Trinajstić information content (AvgIpc) is 3.25. The lowest BCUT2D eigenvalue weighted by molar-refractivity contribution is 0.548. The predicted molar refractivity (Wildman–Crippen MR) is 87.0 cm³/mol. The topological polar surface area (TPSA) is 49.8 Å². The molecule has 2 aromatic rings. The third kappa shape index (κ3) is 3.96. The van der Waals surface area contributed by atoms with Crippen molar-refractivity contribution in [3.05, 3.63) is 41.3 Å². The van der Waals surface area contributed by atoms with E-state index < -0.39 is 23.1 Å². The van der Waals surface area contributed by atoms with Gasteiger partial charge in [-0.2, -0.15) is 4.98 Å². The normalized spacial score (nSPS) is 14.6. The van der Waals surface area contributed by atoms with E-state index in [-0.39, 0.29) is 11.4 Å². The molecule has 0 amide bonds. The number of aromatic nitrogens is 2. The van der Waals surface area contributed by atoms with Crippen molar-refractivity contribution in [3.63, 3.8) is 0 Å². The van der Waals surface area contributed by atoms with Crippen LogP contribution in [0.2, 0.25) is 0 Å². The van der Waals surface area contributed by atoms with Crippen LogP contribution in [0, 0.1) is 17.5 Å². The third-order valence-corrected chi connectivity index (χ3v) is 3.49. The van der Waals surface area contributed by atoms with Crippen LogP contribution in [0.25, 0.3) is 0 Å². The van der Waals surface area contributed by atoms with Crippen LogP contribution >= 0.6 is 0 Å². The summed E-state index contributed by atoms with van der Waals surface area (Å²) >= 11 is 0. The minimum absolute atomic E-state index is 0.258. The van der Waals surface area contributed by atoms with Gasteiger partial charge in [0.25, 0.3) is 0 Å². The third-order valence-electron chi connectivity index (χ3n) is 3.49. The summed E-state index contributed by atoms with van der Waals surface area (Å²) in [6, 6.07) is 2.93. The number of rotatable bonds is 4. The van der Waals surface area contributed by atoms with Gasteiger partial charge < -0.3 is 10.6 Å². The first kappa shape index (κ1) is 16.5. The van der Waals surface area contributed by atoms with E-state index in [2.05, 4.69) is 20.6 Å². The molecule has 1 aromatic heterocycles. The van der Waals surface area contributed by atoms with Crippen LogP contribution in [0.5, 0.6) is 0 Å². The Hall–Kier alpha value is -2.31. The molecular weight excluding hydrogens is 317 g/mol. The predicted octanol–water partition coefficient (Wildman–Crippen LogP) is 4.73. The van der Waals surface area contributed by atoms with Crippen LogP contribution in [-0.4, -0.2) is 15.5 Å². The molecule has 1 fully saturated rings. The van der Waals surface area contributed by atoms with Gasteiger partial charge in [0.15, 0.2) is 11.6 Å². The van der Waals surface area contributed by atoms with E-state index in [0.717, 1.165) is 18.5 Å². The molecule has 0 radical (unpaired) electrons. The van der Waals surface area contributed by atoms with Gasteiger partial charge in [-0.05, 0) is 33.6 Å². The summed E-state index contributed by atoms with van der Waals surface area (Å²) in [4.78, 5) is 8.74. The molecule has 1 aromatic carbocycles. The first-order chi connectivity index (χ1) is 11.2. The van der Waals surface area contributed by atoms with Crippen molar-refractivity contribution in [2.75, 3.05) is 10.6 Å². The lowest BCUT2D eigenvalue weighted by Gasteiger charge is -2.21. The fraction of sp³-hybridized carbons (Fsp3) is 0.412. The van der Waals surface area contributed by atoms with Gasteiger partial charge in [-0.3, -0.25) is 0 Å². The van der Waals surface area contributed by atoms with Gasteiger partial charge in [-0.15, -0.1) is 0 Å². The summed E-state index contributed by atoms with van der Waals surface area (Å²) in [6.07, 6.45) is 2.06. The second kappa shape index (κ2) is 5.96. The summed E-state index contributed by atoms with van der Waals surface area (Å²) in [5.41, 5.74) is 0.131. The SMILES string of the molecule is CC(C)(C)Nc1nc(Nc2c(F)cc(F)cc2F)cc(C2CC2)n1. The highest BCUT2D eigenvalue weighted by Gasteiger charge is 2.27. The van der Waals surface area contributed by atoms with Gasteiger partial charge in [0, 0.05) is 29.7 Å². The fourth-order valence-electron chi connectivity index (χ4n) is 2.30. The molecule has 24 heavy (non-hydrogen) atoms. The molecule has 1 aliphatic rings. The molecule has 1 saturated carbocycles. The van der Waals surface area contributed by atoms with Gasteiger partial charge in [0.2, 0.25) is 5.95 Å². The van der Waals surface area contributed by atoms with Crippen molar-refractivity contribution in [2.45, 2.75) is 45.1 Å². The number of halogens is 3. The maximum absolute atomic E-state index is 13.8. The number of hydrogen-bond acceptors (Lipinski definition) is 4. The van der Waals surface area contributed by atoms with Gasteiger partial charge in [0.1, 0.15) is 17.3 Å². The summed E-state index contributed by atoms with van der Waals surface area (Å²) in [5.74, 6) is -1.99. The molecule has 0 aliphatic heterocycles. The van der Waals surface area contributed by atoms with Crippen LogP contribution < -0.4 is 10.6 Å². The number of nitrogens with one attached hydrogen (secondary N) is 2.